The Morgan fingerprint density at radius 2 is 1.63 bits per heavy atom. The zero-order valence-corrected chi connectivity index (χ0v) is 18.0. The molecule has 0 amide bonds. The van der Waals surface area contributed by atoms with E-state index in [0.29, 0.717) is 37.3 Å². The second-order valence-electron chi connectivity index (χ2n) is 7.91. The molecular weight excluding hydrogens is 385 g/mol. The van der Waals surface area contributed by atoms with Crippen molar-refractivity contribution in [3.8, 4) is 0 Å². The highest BCUT2D eigenvalue weighted by Crippen LogP contribution is 2.13. The van der Waals surface area contributed by atoms with Gasteiger partial charge >= 0.3 is 5.69 Å². The molecule has 0 aliphatic rings. The van der Waals surface area contributed by atoms with E-state index in [4.69, 9.17) is 4.98 Å². The summed E-state index contributed by atoms with van der Waals surface area (Å²) in [5.74, 6) is 0.543. The zero-order chi connectivity index (χ0) is 21.7. The lowest BCUT2D eigenvalue weighted by atomic mass is 10.2. The van der Waals surface area contributed by atoms with Crippen LogP contribution in [0.4, 0.5) is 4.39 Å². The number of nitrogens with one attached hydrogen (secondary N) is 2. The third kappa shape index (κ3) is 4.87. The van der Waals surface area contributed by atoms with Crippen molar-refractivity contribution in [3.63, 3.8) is 0 Å². The first-order valence-electron chi connectivity index (χ1n) is 10.7. The van der Waals surface area contributed by atoms with Gasteiger partial charge in [-0.05, 0) is 25.0 Å². The first-order valence-corrected chi connectivity index (χ1v) is 10.7. The predicted molar refractivity (Wildman–Crippen MR) is 115 cm³/mol. The molecular formula is C22H31FN5O2+. The number of aryl methyl sites for hydroxylation is 2. The Balaban J connectivity index is 1.99. The van der Waals surface area contributed by atoms with Crippen LogP contribution >= 0.6 is 0 Å². The molecule has 0 fully saturated rings. The Morgan fingerprint density at radius 1 is 1.00 bits per heavy atom. The minimum absolute atomic E-state index is 0.248. The maximum Gasteiger partial charge on any atom is 0.330 e. The molecule has 0 aliphatic heterocycles. The molecule has 1 unspecified atom stereocenters. The smallest absolute Gasteiger partial charge is 0.327 e. The Kier molecular flexibility index (Phi) is 7.20. The van der Waals surface area contributed by atoms with Gasteiger partial charge in [0, 0.05) is 18.7 Å². The number of rotatable bonds is 10. The molecule has 0 saturated carbocycles. The molecule has 8 heteroatoms. The van der Waals surface area contributed by atoms with Crippen molar-refractivity contribution in [1.29, 1.82) is 0 Å². The van der Waals surface area contributed by atoms with Crippen LogP contribution in [0.1, 0.15) is 50.9 Å². The van der Waals surface area contributed by atoms with Crippen molar-refractivity contribution in [2.24, 2.45) is 0 Å². The molecule has 0 bridgehead atoms. The van der Waals surface area contributed by atoms with Crippen molar-refractivity contribution < 1.29 is 9.29 Å². The number of unbranched alkanes of at least 4 members (excludes halogenated alkanes) is 2. The number of halogens is 1. The Hall–Kier alpha value is -2.74. The van der Waals surface area contributed by atoms with E-state index in [-0.39, 0.29) is 11.4 Å². The Morgan fingerprint density at radius 3 is 2.27 bits per heavy atom. The highest BCUT2D eigenvalue weighted by molar-refractivity contribution is 5.70. The molecule has 3 rings (SSSR count). The van der Waals surface area contributed by atoms with Crippen LogP contribution in [0.5, 0.6) is 0 Å². The summed E-state index contributed by atoms with van der Waals surface area (Å²) in [6, 6.07) is 6.49. The Bertz CT molecular complexity index is 1100. The standard InChI is InChI=1S/C22H30FN5O2/c1-4-6-12-27-18(15-26(3)14-16-8-10-17(23)11-9-16)24-20-19(27)21(29)25-22(30)28(20)13-7-5-2/h8-11H,4-7,12-15H2,1-3H3,(H,25,29,30)/p+1. The van der Waals surface area contributed by atoms with Crippen LogP contribution in [0.2, 0.25) is 0 Å². The number of hydrogen-bond acceptors (Lipinski definition) is 3. The van der Waals surface area contributed by atoms with Gasteiger partial charge in [0.2, 0.25) is 0 Å². The number of benzene rings is 1. The second-order valence-corrected chi connectivity index (χ2v) is 7.91. The number of imidazole rings is 1. The van der Waals surface area contributed by atoms with E-state index in [1.54, 1.807) is 16.7 Å². The van der Waals surface area contributed by atoms with E-state index in [9.17, 15) is 14.0 Å². The van der Waals surface area contributed by atoms with Crippen molar-refractivity contribution in [2.75, 3.05) is 7.05 Å². The largest absolute Gasteiger partial charge is 0.330 e. The fourth-order valence-corrected chi connectivity index (χ4v) is 3.72. The van der Waals surface area contributed by atoms with E-state index in [2.05, 4.69) is 18.8 Å². The fraction of sp³-hybridized carbons (Fsp3) is 0.500. The summed E-state index contributed by atoms with van der Waals surface area (Å²) in [4.78, 5) is 33.5. The maximum absolute atomic E-state index is 13.2. The van der Waals surface area contributed by atoms with Gasteiger partial charge in [0.25, 0.3) is 5.56 Å². The predicted octanol–water partition coefficient (Wildman–Crippen LogP) is 1.84. The van der Waals surface area contributed by atoms with Crippen molar-refractivity contribution in [1.82, 2.24) is 19.1 Å². The molecule has 3 aromatic rings. The quantitative estimate of drug-likeness (QED) is 0.530. The summed E-state index contributed by atoms with van der Waals surface area (Å²) in [5.41, 5.74) is 1.19. The highest BCUT2D eigenvalue weighted by Gasteiger charge is 2.20. The topological polar surface area (TPSA) is 77.1 Å². The summed E-state index contributed by atoms with van der Waals surface area (Å²) in [5, 5.41) is 0. The van der Waals surface area contributed by atoms with Crippen LogP contribution < -0.4 is 16.1 Å². The third-order valence-electron chi connectivity index (χ3n) is 5.31. The van der Waals surface area contributed by atoms with Crippen LogP contribution in [0, 0.1) is 5.82 Å². The lowest BCUT2D eigenvalue weighted by Gasteiger charge is -2.15. The summed E-state index contributed by atoms with van der Waals surface area (Å²) < 4.78 is 16.7. The molecule has 0 radical (unpaired) electrons. The molecule has 2 N–H and O–H groups in total. The van der Waals surface area contributed by atoms with Gasteiger partial charge < -0.3 is 9.47 Å². The normalized spacial score (nSPS) is 12.5. The Labute approximate surface area is 175 Å². The van der Waals surface area contributed by atoms with E-state index >= 15 is 0 Å². The van der Waals surface area contributed by atoms with Gasteiger partial charge in [0.05, 0.1) is 7.05 Å². The minimum Gasteiger partial charge on any atom is -0.327 e. The first kappa shape index (κ1) is 22.0. The van der Waals surface area contributed by atoms with Gasteiger partial charge in [0.1, 0.15) is 18.9 Å². The first-order chi connectivity index (χ1) is 14.4. The summed E-state index contributed by atoms with van der Waals surface area (Å²) in [6.45, 7) is 6.68. The van der Waals surface area contributed by atoms with Gasteiger partial charge in [0.15, 0.2) is 17.0 Å². The molecule has 2 aromatic heterocycles. The van der Waals surface area contributed by atoms with Crippen molar-refractivity contribution >= 4 is 11.2 Å². The van der Waals surface area contributed by atoms with Crippen molar-refractivity contribution in [2.45, 2.75) is 65.7 Å². The molecule has 162 valence electrons. The SMILES string of the molecule is CCCCn1c(C[NH+](C)Cc2ccc(F)cc2)nc2c1c(=O)[nH]c(=O)n2CCCC. The van der Waals surface area contributed by atoms with E-state index in [1.165, 1.54) is 12.1 Å². The summed E-state index contributed by atoms with van der Waals surface area (Å²) >= 11 is 0. The number of hydrogen-bond donors (Lipinski definition) is 2. The number of H-pyrrole nitrogens is 1. The summed E-state index contributed by atoms with van der Waals surface area (Å²) in [6.07, 6.45) is 3.70. The number of quaternary nitrogens is 1. The van der Waals surface area contributed by atoms with Crippen LogP contribution in [0.15, 0.2) is 33.9 Å². The van der Waals surface area contributed by atoms with Crippen LogP contribution in [0.3, 0.4) is 0 Å². The molecule has 0 saturated heterocycles. The molecule has 1 aromatic carbocycles. The molecule has 0 aliphatic carbocycles. The summed E-state index contributed by atoms with van der Waals surface area (Å²) in [7, 11) is 2.04. The van der Waals surface area contributed by atoms with E-state index in [1.807, 2.05) is 11.6 Å². The van der Waals surface area contributed by atoms with Crippen LogP contribution in [-0.2, 0) is 26.2 Å². The minimum atomic E-state index is -0.403. The molecule has 2 heterocycles. The molecule has 1 atom stereocenters. The van der Waals surface area contributed by atoms with Crippen LogP contribution in [-0.4, -0.2) is 26.1 Å². The fourth-order valence-electron chi connectivity index (χ4n) is 3.72. The van der Waals surface area contributed by atoms with Gasteiger partial charge in [-0.1, -0.05) is 38.8 Å². The number of fused-ring (bicyclic) bond motifs is 1. The van der Waals surface area contributed by atoms with E-state index in [0.717, 1.165) is 42.0 Å². The third-order valence-corrected chi connectivity index (χ3v) is 5.31. The number of nitrogens with zero attached hydrogens (tertiary/aromatic N) is 3. The molecule has 0 spiro atoms. The van der Waals surface area contributed by atoms with E-state index < -0.39 is 5.69 Å². The van der Waals surface area contributed by atoms with Crippen molar-refractivity contribution in [3.05, 3.63) is 62.3 Å². The number of aromatic amines is 1. The lowest BCUT2D eigenvalue weighted by molar-refractivity contribution is -0.908. The average molecular weight is 417 g/mol. The van der Waals surface area contributed by atoms with Gasteiger partial charge in [-0.15, -0.1) is 0 Å². The molecule has 7 nitrogen and oxygen atoms in total. The molecule has 30 heavy (non-hydrogen) atoms. The lowest BCUT2D eigenvalue weighted by Crippen LogP contribution is -3.06. The number of aromatic nitrogens is 4. The highest BCUT2D eigenvalue weighted by atomic mass is 19.1. The van der Waals surface area contributed by atoms with Crippen LogP contribution in [0.25, 0.3) is 11.2 Å². The van der Waals surface area contributed by atoms with Gasteiger partial charge in [-0.25, -0.2) is 14.2 Å². The maximum atomic E-state index is 13.2. The van der Waals surface area contributed by atoms with Gasteiger partial charge in [-0.2, -0.15) is 0 Å². The monoisotopic (exact) mass is 416 g/mol. The second kappa shape index (κ2) is 9.84. The zero-order valence-electron chi connectivity index (χ0n) is 18.0. The average Bonchev–Trinajstić information content (AvgIpc) is 3.06. The van der Waals surface area contributed by atoms with Gasteiger partial charge in [-0.3, -0.25) is 14.3 Å².